The lowest BCUT2D eigenvalue weighted by Gasteiger charge is -1.79. The molecule has 0 aromatic carbocycles. The molecule has 0 aliphatic carbocycles. The number of nitrogens with two attached hydrogens (primary N) is 1. The molecule has 0 fully saturated rings. The molecule has 2 N–H and O–H groups in total. The second-order valence-corrected chi connectivity index (χ2v) is 0.878. The lowest BCUT2D eigenvalue weighted by atomic mass is 10.3. The van der Waals surface area contributed by atoms with E-state index in [1.807, 2.05) is 0 Å². The van der Waals surface area contributed by atoms with Crippen molar-refractivity contribution in [2.75, 3.05) is 0 Å². The first kappa shape index (κ1) is 4.96. The molecule has 0 unspecified atom stereocenters. The van der Waals surface area contributed by atoms with Crippen LogP contribution >= 0.6 is 0 Å². The topological polar surface area (TPSA) is 26.0 Å². The summed E-state index contributed by atoms with van der Waals surface area (Å²) in [6.45, 7) is 5.18. The summed E-state index contributed by atoms with van der Waals surface area (Å²) in [5.74, 6) is 0. The van der Waals surface area contributed by atoms with Crippen molar-refractivity contribution >= 4 is 0 Å². The van der Waals surface area contributed by atoms with Crippen LogP contribution in [0.3, 0.4) is 0 Å². The molecular formula is C4H9N. The molecule has 5 heavy (non-hydrogen) atoms. The van der Waals surface area contributed by atoms with Gasteiger partial charge in [-0.05, 0) is 6.42 Å². The maximum absolute atomic E-state index is 4.97. The van der Waals surface area contributed by atoms with E-state index >= 15 is 0 Å². The van der Waals surface area contributed by atoms with Crippen LogP contribution in [0.25, 0.3) is 0 Å². The van der Waals surface area contributed by atoms with E-state index in [1.165, 1.54) is 0 Å². The highest BCUT2D eigenvalue weighted by molar-refractivity contribution is 4.52. The van der Waals surface area contributed by atoms with Crippen molar-refractivity contribution in [3.63, 3.8) is 0 Å². The zero-order valence-electron chi connectivity index (χ0n) is 3.28. The summed E-state index contributed by atoms with van der Waals surface area (Å²) >= 11 is 0. The summed E-state index contributed by atoms with van der Waals surface area (Å²) in [5.41, 5.74) is 4.97. The molecule has 0 aromatic rings. The van der Waals surface area contributed by atoms with Crippen LogP contribution in [0, 0.1) is 13.5 Å². The Bertz CT molecular complexity index is 11.1. The summed E-state index contributed by atoms with van der Waals surface area (Å²) in [6.07, 6.45) is 1.84. The van der Waals surface area contributed by atoms with Gasteiger partial charge in [-0.15, -0.1) is 0 Å². The third-order valence-electron chi connectivity index (χ3n) is 0.371. The summed E-state index contributed by atoms with van der Waals surface area (Å²) in [6, 6.07) is 0. The maximum atomic E-state index is 4.97. The number of unbranched alkanes of at least 4 members (excludes halogenated alkanes) is 1. The summed E-state index contributed by atoms with van der Waals surface area (Å²) in [5, 5.41) is 0. The van der Waals surface area contributed by atoms with E-state index in [-0.39, 0.29) is 0 Å². The highest BCUT2D eigenvalue weighted by Gasteiger charge is 1.69. The van der Waals surface area contributed by atoms with Crippen LogP contribution in [-0.2, 0) is 0 Å². The molecule has 2 radical (unpaired) electrons. The summed E-state index contributed by atoms with van der Waals surface area (Å²) in [4.78, 5) is 0. The van der Waals surface area contributed by atoms with E-state index in [9.17, 15) is 0 Å². The zero-order valence-corrected chi connectivity index (χ0v) is 3.28. The second kappa shape index (κ2) is 3.96. The van der Waals surface area contributed by atoms with Gasteiger partial charge < -0.3 is 5.73 Å². The molecule has 0 aromatic heterocycles. The van der Waals surface area contributed by atoms with Gasteiger partial charge in [0, 0.05) is 6.54 Å². The predicted molar refractivity (Wildman–Crippen MR) is 23.1 cm³/mol. The van der Waals surface area contributed by atoms with E-state index < -0.39 is 0 Å². The molecule has 0 spiro atoms. The Balaban J connectivity index is 2.19. The van der Waals surface area contributed by atoms with Crippen molar-refractivity contribution in [3.8, 4) is 0 Å². The lowest BCUT2D eigenvalue weighted by Crippen LogP contribution is -1.86. The van der Waals surface area contributed by atoms with Gasteiger partial charge in [0.25, 0.3) is 0 Å². The smallest absolute Gasteiger partial charge is 0.0192 e. The van der Waals surface area contributed by atoms with Crippen molar-refractivity contribution in [2.24, 2.45) is 5.73 Å². The Hall–Kier alpha value is -0.0400. The van der Waals surface area contributed by atoms with E-state index in [0.717, 1.165) is 12.8 Å². The van der Waals surface area contributed by atoms with Gasteiger partial charge in [0.15, 0.2) is 0 Å². The average Bonchev–Trinajstić information content (AvgIpc) is 1.41. The molecule has 0 aliphatic heterocycles. The largest absolute Gasteiger partial charge is 0.326 e. The average molecular weight is 71.1 g/mol. The molecule has 0 rings (SSSR count). The normalized spacial score (nSPS) is 8.40. The van der Waals surface area contributed by atoms with E-state index in [4.69, 9.17) is 5.73 Å². The van der Waals surface area contributed by atoms with Crippen molar-refractivity contribution in [2.45, 2.75) is 12.8 Å². The first-order valence-corrected chi connectivity index (χ1v) is 1.74. The Morgan fingerprint density at radius 2 is 2.40 bits per heavy atom. The van der Waals surface area contributed by atoms with Gasteiger partial charge in [0.1, 0.15) is 0 Å². The van der Waals surface area contributed by atoms with Crippen molar-refractivity contribution < 1.29 is 0 Å². The molecule has 0 atom stereocenters. The SMILES string of the molecule is [CH2]CC[CH]N. The van der Waals surface area contributed by atoms with Gasteiger partial charge in [-0.3, -0.25) is 0 Å². The molecule has 0 heterocycles. The highest BCUT2D eigenvalue weighted by atomic mass is 14.5. The minimum Gasteiger partial charge on any atom is -0.326 e. The van der Waals surface area contributed by atoms with Crippen molar-refractivity contribution in [3.05, 3.63) is 13.5 Å². The molecule has 1 nitrogen and oxygen atoms in total. The van der Waals surface area contributed by atoms with Crippen LogP contribution in [0.5, 0.6) is 0 Å². The van der Waals surface area contributed by atoms with Crippen LogP contribution in [-0.4, -0.2) is 0 Å². The number of hydrogen-bond donors (Lipinski definition) is 1. The third kappa shape index (κ3) is 3.96. The standard InChI is InChI=1S/C4H9N/c1-2-3-4-5/h4H,1-3,5H2. The van der Waals surface area contributed by atoms with Crippen molar-refractivity contribution in [1.29, 1.82) is 0 Å². The quantitative estimate of drug-likeness (QED) is 0.510. The molecule has 1 heteroatoms. The third-order valence-corrected chi connectivity index (χ3v) is 0.371. The highest BCUT2D eigenvalue weighted by Crippen LogP contribution is 1.80. The predicted octanol–water partition coefficient (Wildman–Crippen LogP) is 0.721. The molecule has 0 saturated carbocycles. The summed E-state index contributed by atoms with van der Waals surface area (Å²) < 4.78 is 0. The molecule has 0 bridgehead atoms. The number of hydrogen-bond acceptors (Lipinski definition) is 1. The first-order valence-electron chi connectivity index (χ1n) is 1.74. The van der Waals surface area contributed by atoms with Gasteiger partial charge in [-0.25, -0.2) is 0 Å². The van der Waals surface area contributed by atoms with Crippen LogP contribution in [0.15, 0.2) is 0 Å². The number of rotatable bonds is 2. The van der Waals surface area contributed by atoms with Crippen molar-refractivity contribution in [1.82, 2.24) is 0 Å². The monoisotopic (exact) mass is 71.1 g/mol. The van der Waals surface area contributed by atoms with Gasteiger partial charge >= 0.3 is 0 Å². The van der Waals surface area contributed by atoms with Crippen LogP contribution in [0.4, 0.5) is 0 Å². The lowest BCUT2D eigenvalue weighted by molar-refractivity contribution is 0.952. The van der Waals surface area contributed by atoms with Gasteiger partial charge in [-0.2, -0.15) is 0 Å². The minimum absolute atomic E-state index is 0.913. The fraction of sp³-hybridized carbons (Fsp3) is 0.500. The Kier molecular flexibility index (Phi) is 3.93. The van der Waals surface area contributed by atoms with Crippen LogP contribution in [0.2, 0.25) is 0 Å². The van der Waals surface area contributed by atoms with E-state index in [2.05, 4.69) is 6.92 Å². The Morgan fingerprint density at radius 3 is 2.40 bits per heavy atom. The molecule has 0 amide bonds. The Morgan fingerprint density at radius 1 is 1.80 bits per heavy atom. The molecule has 0 saturated heterocycles. The maximum Gasteiger partial charge on any atom is 0.0192 e. The zero-order chi connectivity index (χ0) is 4.12. The first-order chi connectivity index (χ1) is 2.41. The van der Waals surface area contributed by atoms with Crippen LogP contribution in [0.1, 0.15) is 12.8 Å². The van der Waals surface area contributed by atoms with Crippen LogP contribution < -0.4 is 5.73 Å². The Labute approximate surface area is 33.2 Å². The molecular weight excluding hydrogens is 62.1 g/mol. The molecule has 30 valence electrons. The minimum atomic E-state index is 0.913. The second-order valence-electron chi connectivity index (χ2n) is 0.878. The fourth-order valence-corrected chi connectivity index (χ4v) is 0.118. The van der Waals surface area contributed by atoms with Gasteiger partial charge in [0.2, 0.25) is 0 Å². The summed E-state index contributed by atoms with van der Waals surface area (Å²) in [7, 11) is 0. The van der Waals surface area contributed by atoms with E-state index in [1.54, 1.807) is 6.54 Å². The molecule has 0 aliphatic rings. The van der Waals surface area contributed by atoms with Gasteiger partial charge in [-0.1, -0.05) is 13.3 Å². The fourth-order valence-electron chi connectivity index (χ4n) is 0.118. The van der Waals surface area contributed by atoms with E-state index in [0.29, 0.717) is 0 Å². The van der Waals surface area contributed by atoms with Gasteiger partial charge in [0.05, 0.1) is 0 Å².